The van der Waals surface area contributed by atoms with E-state index in [2.05, 4.69) is 5.32 Å². The zero-order valence-electron chi connectivity index (χ0n) is 18.3. The number of benzene rings is 3. The van der Waals surface area contributed by atoms with E-state index in [1.54, 1.807) is 35.2 Å². The summed E-state index contributed by atoms with van der Waals surface area (Å²) in [5.74, 6) is 0.102. The second kappa shape index (κ2) is 10.9. The number of anilines is 1. The van der Waals surface area contributed by atoms with Crippen LogP contribution in [-0.2, 0) is 16.1 Å². The molecule has 5 nitrogen and oxygen atoms in total. The first kappa shape index (κ1) is 24.0. The molecule has 2 amide bonds. The molecule has 0 atom stereocenters. The van der Waals surface area contributed by atoms with Crippen molar-refractivity contribution in [3.63, 3.8) is 0 Å². The van der Waals surface area contributed by atoms with Crippen LogP contribution in [-0.4, -0.2) is 27.6 Å². The van der Waals surface area contributed by atoms with E-state index in [1.807, 2.05) is 55.5 Å². The lowest BCUT2D eigenvalue weighted by atomic mass is 10.2. The molecule has 1 saturated heterocycles. The van der Waals surface area contributed by atoms with E-state index in [9.17, 15) is 9.59 Å². The van der Waals surface area contributed by atoms with E-state index in [-0.39, 0.29) is 18.4 Å². The summed E-state index contributed by atoms with van der Waals surface area (Å²) in [5, 5.41) is 3.35. The maximum atomic E-state index is 12.9. The van der Waals surface area contributed by atoms with Gasteiger partial charge in [-0.05, 0) is 54.0 Å². The van der Waals surface area contributed by atoms with Gasteiger partial charge in [0.1, 0.15) is 10.1 Å². The molecule has 0 unspecified atom stereocenters. The fourth-order valence-electron chi connectivity index (χ4n) is 3.31. The van der Waals surface area contributed by atoms with Gasteiger partial charge in [0, 0.05) is 10.7 Å². The van der Waals surface area contributed by atoms with Gasteiger partial charge in [-0.3, -0.25) is 14.5 Å². The second-order valence-electron chi connectivity index (χ2n) is 7.62. The zero-order valence-corrected chi connectivity index (χ0v) is 20.7. The Balaban J connectivity index is 1.39. The molecule has 1 aliphatic heterocycles. The molecule has 1 fully saturated rings. The van der Waals surface area contributed by atoms with Gasteiger partial charge < -0.3 is 10.1 Å². The highest BCUT2D eigenvalue weighted by molar-refractivity contribution is 8.26. The van der Waals surface area contributed by atoms with Gasteiger partial charge in [0.2, 0.25) is 0 Å². The Hall–Kier alpha value is -3.13. The van der Waals surface area contributed by atoms with Gasteiger partial charge in [-0.25, -0.2) is 0 Å². The smallest absolute Gasteiger partial charge is 0.266 e. The molecule has 1 N–H and O–H groups in total. The predicted octanol–water partition coefficient (Wildman–Crippen LogP) is 6.07. The number of halogens is 1. The molecule has 0 aromatic heterocycles. The number of amides is 2. The SMILES string of the molecule is Cc1ccc(Cl)cc1NC(=O)COc1cccc(/C=C2\SC(=S)N(Cc3ccccc3)C2=O)c1. The number of nitrogens with zero attached hydrogens (tertiary/aromatic N) is 1. The number of carbonyl (C=O) groups is 2. The van der Waals surface area contributed by atoms with Crippen molar-refractivity contribution in [2.24, 2.45) is 0 Å². The van der Waals surface area contributed by atoms with E-state index in [1.165, 1.54) is 11.8 Å². The Labute approximate surface area is 212 Å². The van der Waals surface area contributed by atoms with Crippen LogP contribution in [0.1, 0.15) is 16.7 Å². The van der Waals surface area contributed by atoms with Crippen LogP contribution in [0, 0.1) is 6.92 Å². The highest BCUT2D eigenvalue weighted by Gasteiger charge is 2.31. The Morgan fingerprint density at radius 2 is 1.91 bits per heavy atom. The summed E-state index contributed by atoms with van der Waals surface area (Å²) < 4.78 is 6.19. The molecule has 3 aromatic carbocycles. The lowest BCUT2D eigenvalue weighted by Crippen LogP contribution is -2.27. The summed E-state index contributed by atoms with van der Waals surface area (Å²) in [6, 6.07) is 22.3. The van der Waals surface area contributed by atoms with Gasteiger partial charge in [0.05, 0.1) is 11.4 Å². The molecular formula is C26H21ClN2O3S2. The molecule has 4 rings (SSSR count). The highest BCUT2D eigenvalue weighted by atomic mass is 35.5. The average Bonchev–Trinajstić information content (AvgIpc) is 3.08. The topological polar surface area (TPSA) is 58.6 Å². The number of hydrogen-bond donors (Lipinski definition) is 1. The van der Waals surface area contributed by atoms with Crippen molar-refractivity contribution in [2.45, 2.75) is 13.5 Å². The minimum absolute atomic E-state index is 0.124. The first-order valence-corrected chi connectivity index (χ1v) is 12.1. The number of ether oxygens (including phenoxy) is 1. The summed E-state index contributed by atoms with van der Waals surface area (Å²) in [5.41, 5.74) is 3.35. The Morgan fingerprint density at radius 1 is 1.12 bits per heavy atom. The van der Waals surface area contributed by atoms with Gasteiger partial charge in [0.15, 0.2) is 6.61 Å². The molecule has 0 aliphatic carbocycles. The Kier molecular flexibility index (Phi) is 7.67. The van der Waals surface area contributed by atoms with Crippen LogP contribution < -0.4 is 10.1 Å². The van der Waals surface area contributed by atoms with Crippen LogP contribution in [0.4, 0.5) is 5.69 Å². The van der Waals surface area contributed by atoms with Gasteiger partial charge in [-0.2, -0.15) is 0 Å². The van der Waals surface area contributed by atoms with Crippen molar-refractivity contribution in [2.75, 3.05) is 11.9 Å². The average molecular weight is 509 g/mol. The maximum Gasteiger partial charge on any atom is 0.266 e. The van der Waals surface area contributed by atoms with Crippen molar-refractivity contribution in [3.05, 3.63) is 99.4 Å². The third-order valence-electron chi connectivity index (χ3n) is 5.06. The fourth-order valence-corrected chi connectivity index (χ4v) is 4.74. The van der Waals surface area contributed by atoms with E-state index in [4.69, 9.17) is 28.6 Å². The molecule has 0 bridgehead atoms. The summed E-state index contributed by atoms with van der Waals surface area (Å²) in [7, 11) is 0. The molecule has 0 radical (unpaired) electrons. The fraction of sp³-hybridized carbons (Fsp3) is 0.115. The van der Waals surface area contributed by atoms with Crippen LogP contribution in [0.25, 0.3) is 6.08 Å². The van der Waals surface area contributed by atoms with Crippen molar-refractivity contribution in [3.8, 4) is 5.75 Å². The highest BCUT2D eigenvalue weighted by Crippen LogP contribution is 2.34. The van der Waals surface area contributed by atoms with Crippen molar-refractivity contribution >= 4 is 63.5 Å². The number of aryl methyl sites for hydroxylation is 1. The van der Waals surface area contributed by atoms with E-state index >= 15 is 0 Å². The van der Waals surface area contributed by atoms with E-state index in [0.717, 1.165) is 16.7 Å². The normalized spacial score (nSPS) is 14.5. The Bertz CT molecular complexity index is 1280. The zero-order chi connectivity index (χ0) is 24.1. The number of carbonyl (C=O) groups excluding carboxylic acids is 2. The molecule has 0 spiro atoms. The summed E-state index contributed by atoms with van der Waals surface area (Å²) in [6.07, 6.45) is 1.78. The maximum absolute atomic E-state index is 12.9. The third-order valence-corrected chi connectivity index (χ3v) is 6.67. The second-order valence-corrected chi connectivity index (χ2v) is 9.73. The predicted molar refractivity (Wildman–Crippen MR) is 142 cm³/mol. The van der Waals surface area contributed by atoms with E-state index < -0.39 is 0 Å². The molecule has 172 valence electrons. The molecule has 8 heteroatoms. The first-order chi connectivity index (χ1) is 16.4. The van der Waals surface area contributed by atoms with Crippen LogP contribution in [0.2, 0.25) is 5.02 Å². The molecule has 34 heavy (non-hydrogen) atoms. The third kappa shape index (κ3) is 6.05. The number of thiocarbonyl (C=S) groups is 1. The van der Waals surface area contributed by atoms with Crippen LogP contribution in [0.5, 0.6) is 5.75 Å². The lowest BCUT2D eigenvalue weighted by Gasteiger charge is -2.14. The largest absolute Gasteiger partial charge is 0.484 e. The lowest BCUT2D eigenvalue weighted by molar-refractivity contribution is -0.122. The minimum Gasteiger partial charge on any atom is -0.484 e. The van der Waals surface area contributed by atoms with Gasteiger partial charge in [-0.15, -0.1) is 0 Å². The molecular weight excluding hydrogens is 488 g/mol. The molecule has 0 saturated carbocycles. The van der Waals surface area contributed by atoms with Crippen LogP contribution in [0.15, 0.2) is 77.7 Å². The standard InChI is InChI=1S/C26H21ClN2O3S2/c1-17-10-11-20(27)14-22(17)28-24(30)16-32-21-9-5-8-19(12-21)13-23-25(31)29(26(33)34-23)15-18-6-3-2-4-7-18/h2-14H,15-16H2,1H3,(H,28,30)/b23-13-. The Morgan fingerprint density at radius 3 is 2.71 bits per heavy atom. The summed E-state index contributed by atoms with van der Waals surface area (Å²) in [4.78, 5) is 27.4. The summed E-state index contributed by atoms with van der Waals surface area (Å²) in [6.45, 7) is 2.17. The monoisotopic (exact) mass is 508 g/mol. The van der Waals surface area contributed by atoms with Gasteiger partial charge in [-0.1, -0.05) is 84.1 Å². The minimum atomic E-state index is -0.294. The van der Waals surface area contributed by atoms with Gasteiger partial charge >= 0.3 is 0 Å². The molecule has 3 aromatic rings. The quantitative estimate of drug-likeness (QED) is 0.310. The number of hydrogen-bond acceptors (Lipinski definition) is 5. The summed E-state index contributed by atoms with van der Waals surface area (Å²) >= 11 is 12.7. The molecule has 1 heterocycles. The van der Waals surface area contributed by atoms with Gasteiger partial charge in [0.25, 0.3) is 11.8 Å². The van der Waals surface area contributed by atoms with Crippen LogP contribution in [0.3, 0.4) is 0 Å². The number of rotatable bonds is 7. The van der Waals surface area contributed by atoms with Crippen LogP contribution >= 0.6 is 35.6 Å². The van der Waals surface area contributed by atoms with Crippen molar-refractivity contribution in [1.82, 2.24) is 4.90 Å². The van der Waals surface area contributed by atoms with E-state index in [0.29, 0.717) is 32.2 Å². The first-order valence-electron chi connectivity index (χ1n) is 10.5. The number of nitrogens with one attached hydrogen (secondary N) is 1. The number of thioether (sulfide) groups is 1. The van der Waals surface area contributed by atoms with Crippen molar-refractivity contribution < 1.29 is 14.3 Å². The molecule has 1 aliphatic rings. The van der Waals surface area contributed by atoms with Crippen molar-refractivity contribution in [1.29, 1.82) is 0 Å².